The van der Waals surface area contributed by atoms with Gasteiger partial charge < -0.3 is 15.1 Å². The van der Waals surface area contributed by atoms with Crippen molar-refractivity contribution in [3.05, 3.63) is 62.6 Å². The van der Waals surface area contributed by atoms with Crippen LogP contribution in [0.4, 0.5) is 5.00 Å². The average Bonchev–Trinajstić information content (AvgIpc) is 3.32. The summed E-state index contributed by atoms with van der Waals surface area (Å²) in [6, 6.07) is 12.4. The summed E-state index contributed by atoms with van der Waals surface area (Å²) < 4.78 is 7.08. The van der Waals surface area contributed by atoms with E-state index in [2.05, 4.69) is 45.3 Å². The molecule has 0 radical (unpaired) electrons. The summed E-state index contributed by atoms with van der Waals surface area (Å²) in [5.74, 6) is 1.47. The number of nitrogens with one attached hydrogen (secondary N) is 2. The molecule has 2 aliphatic rings. The lowest BCUT2D eigenvalue weighted by atomic mass is 10.0. The van der Waals surface area contributed by atoms with Gasteiger partial charge in [0.15, 0.2) is 6.17 Å². The molecule has 1 aromatic carbocycles. The Kier molecular flexibility index (Phi) is 4.76. The molecule has 7 heteroatoms. The standard InChI is InChI=1S/C22H22BrN3O2S/c1-12(2)26-9-8-15-18(11-26)29-22-19(15)21(27)24-20(25-22)17-7-6-16(28-17)13-4-3-5-14(23)10-13/h3-7,10,12,20,25H,8-9,11H2,1-2H3,(H,24,27)/t20-/m1/s1. The number of carbonyl (C=O) groups excluding carboxylic acids is 1. The number of anilines is 1. The highest BCUT2D eigenvalue weighted by atomic mass is 79.9. The number of hydrogen-bond acceptors (Lipinski definition) is 5. The number of halogens is 1. The minimum absolute atomic E-state index is 0.0142. The van der Waals surface area contributed by atoms with E-state index >= 15 is 0 Å². The van der Waals surface area contributed by atoms with Crippen LogP contribution in [0, 0.1) is 0 Å². The third kappa shape index (κ3) is 3.41. The largest absolute Gasteiger partial charge is 0.457 e. The summed E-state index contributed by atoms with van der Waals surface area (Å²) in [6.07, 6.45) is 0.560. The third-order valence-corrected chi connectivity index (χ3v) is 7.26. The topological polar surface area (TPSA) is 57.5 Å². The first-order chi connectivity index (χ1) is 14.0. The average molecular weight is 472 g/mol. The number of benzene rings is 1. The van der Waals surface area contributed by atoms with Crippen LogP contribution in [0.25, 0.3) is 11.3 Å². The van der Waals surface area contributed by atoms with Gasteiger partial charge in [-0.25, -0.2) is 0 Å². The Balaban J connectivity index is 1.42. The van der Waals surface area contributed by atoms with Crippen molar-refractivity contribution in [1.29, 1.82) is 0 Å². The van der Waals surface area contributed by atoms with Crippen molar-refractivity contribution in [3.8, 4) is 11.3 Å². The summed E-state index contributed by atoms with van der Waals surface area (Å²) in [4.78, 5) is 16.7. The molecule has 3 aromatic rings. The van der Waals surface area contributed by atoms with Crippen LogP contribution in [0.3, 0.4) is 0 Å². The Morgan fingerprint density at radius 1 is 1.24 bits per heavy atom. The molecule has 0 saturated heterocycles. The van der Waals surface area contributed by atoms with Crippen molar-refractivity contribution in [3.63, 3.8) is 0 Å². The van der Waals surface area contributed by atoms with Gasteiger partial charge in [-0.1, -0.05) is 28.1 Å². The van der Waals surface area contributed by atoms with E-state index in [4.69, 9.17) is 4.42 Å². The fourth-order valence-corrected chi connectivity index (χ4v) is 5.72. The fraction of sp³-hybridized carbons (Fsp3) is 0.318. The Labute approximate surface area is 182 Å². The molecule has 0 bridgehead atoms. The molecule has 5 rings (SSSR count). The Hall–Kier alpha value is -2.09. The molecule has 29 heavy (non-hydrogen) atoms. The van der Waals surface area contributed by atoms with Crippen LogP contribution in [-0.4, -0.2) is 23.4 Å². The highest BCUT2D eigenvalue weighted by molar-refractivity contribution is 9.10. The van der Waals surface area contributed by atoms with Crippen LogP contribution in [0.1, 0.15) is 46.6 Å². The summed E-state index contributed by atoms with van der Waals surface area (Å²) >= 11 is 5.20. The highest BCUT2D eigenvalue weighted by Gasteiger charge is 2.34. The molecule has 0 spiro atoms. The first kappa shape index (κ1) is 18.9. The number of nitrogens with zero attached hydrogens (tertiary/aromatic N) is 1. The van der Waals surface area contributed by atoms with E-state index in [-0.39, 0.29) is 12.1 Å². The predicted molar refractivity (Wildman–Crippen MR) is 119 cm³/mol. The van der Waals surface area contributed by atoms with E-state index in [1.54, 1.807) is 11.3 Å². The molecule has 150 valence electrons. The normalized spacial score (nSPS) is 18.9. The van der Waals surface area contributed by atoms with Crippen molar-refractivity contribution in [1.82, 2.24) is 10.2 Å². The highest BCUT2D eigenvalue weighted by Crippen LogP contribution is 2.41. The second-order valence-corrected chi connectivity index (χ2v) is 9.81. The minimum atomic E-state index is -0.364. The molecule has 2 aliphatic heterocycles. The van der Waals surface area contributed by atoms with Gasteiger partial charge in [0.1, 0.15) is 16.5 Å². The molecule has 0 unspecified atom stereocenters. The first-order valence-electron chi connectivity index (χ1n) is 9.81. The number of amides is 1. The second kappa shape index (κ2) is 7.31. The van der Waals surface area contributed by atoms with Crippen molar-refractivity contribution >= 4 is 38.2 Å². The molecular formula is C22H22BrN3O2S. The molecule has 0 saturated carbocycles. The van der Waals surface area contributed by atoms with E-state index in [1.807, 2.05) is 36.4 Å². The van der Waals surface area contributed by atoms with Gasteiger partial charge in [0.25, 0.3) is 5.91 Å². The second-order valence-electron chi connectivity index (χ2n) is 7.79. The van der Waals surface area contributed by atoms with Gasteiger partial charge in [-0.15, -0.1) is 11.3 Å². The minimum Gasteiger partial charge on any atom is -0.457 e. The number of hydrogen-bond donors (Lipinski definition) is 2. The van der Waals surface area contributed by atoms with Crippen molar-refractivity contribution in [2.24, 2.45) is 0 Å². The van der Waals surface area contributed by atoms with Crippen LogP contribution in [-0.2, 0) is 13.0 Å². The number of thiophene rings is 1. The van der Waals surface area contributed by atoms with Gasteiger partial charge in [-0.3, -0.25) is 9.69 Å². The van der Waals surface area contributed by atoms with Crippen molar-refractivity contribution in [2.45, 2.75) is 39.0 Å². The lowest BCUT2D eigenvalue weighted by Crippen LogP contribution is -2.39. The van der Waals surface area contributed by atoms with E-state index in [1.165, 1.54) is 10.4 Å². The van der Waals surface area contributed by atoms with E-state index in [9.17, 15) is 4.79 Å². The fourth-order valence-electron chi connectivity index (χ4n) is 4.02. The van der Waals surface area contributed by atoms with E-state index in [0.29, 0.717) is 11.8 Å². The van der Waals surface area contributed by atoms with Crippen LogP contribution in [0.15, 0.2) is 45.3 Å². The molecule has 2 aromatic heterocycles. The first-order valence-corrected chi connectivity index (χ1v) is 11.4. The molecule has 1 atom stereocenters. The van der Waals surface area contributed by atoms with Gasteiger partial charge in [-0.2, -0.15) is 0 Å². The Bertz CT molecular complexity index is 1090. The molecule has 0 aliphatic carbocycles. The summed E-state index contributed by atoms with van der Waals surface area (Å²) in [7, 11) is 0. The summed E-state index contributed by atoms with van der Waals surface area (Å²) in [5, 5.41) is 7.51. The van der Waals surface area contributed by atoms with Crippen LogP contribution >= 0.6 is 27.3 Å². The predicted octanol–water partition coefficient (Wildman–Crippen LogP) is 5.39. The zero-order valence-electron chi connectivity index (χ0n) is 16.3. The van der Waals surface area contributed by atoms with Crippen LogP contribution < -0.4 is 10.6 Å². The molecule has 4 heterocycles. The SMILES string of the molecule is CC(C)N1CCc2c(sc3c2C(=O)N[C@@H](c2ccc(-c4cccc(Br)c4)o2)N3)C1. The molecule has 0 fully saturated rings. The number of rotatable bonds is 3. The van der Waals surface area contributed by atoms with Crippen LogP contribution in [0.5, 0.6) is 0 Å². The molecular weight excluding hydrogens is 450 g/mol. The number of furan rings is 1. The smallest absolute Gasteiger partial charge is 0.256 e. The maximum absolute atomic E-state index is 12.9. The zero-order valence-corrected chi connectivity index (χ0v) is 18.7. The monoisotopic (exact) mass is 471 g/mol. The molecule has 1 amide bonds. The van der Waals surface area contributed by atoms with Gasteiger partial charge in [0, 0.05) is 34.0 Å². The van der Waals surface area contributed by atoms with Gasteiger partial charge in [-0.05, 0) is 50.1 Å². The zero-order chi connectivity index (χ0) is 20.1. The van der Waals surface area contributed by atoms with Gasteiger partial charge in [0.2, 0.25) is 0 Å². The maximum Gasteiger partial charge on any atom is 0.256 e. The van der Waals surface area contributed by atoms with Crippen molar-refractivity contribution < 1.29 is 9.21 Å². The summed E-state index contributed by atoms with van der Waals surface area (Å²) in [5.41, 5.74) is 3.02. The molecule has 2 N–H and O–H groups in total. The van der Waals surface area contributed by atoms with Crippen LogP contribution in [0.2, 0.25) is 0 Å². The Morgan fingerprint density at radius 2 is 2.10 bits per heavy atom. The van der Waals surface area contributed by atoms with E-state index < -0.39 is 0 Å². The maximum atomic E-state index is 12.9. The number of fused-ring (bicyclic) bond motifs is 3. The number of carbonyl (C=O) groups is 1. The third-order valence-electron chi connectivity index (χ3n) is 5.62. The Morgan fingerprint density at radius 3 is 2.90 bits per heavy atom. The summed E-state index contributed by atoms with van der Waals surface area (Å²) in [6.45, 7) is 6.36. The lowest BCUT2D eigenvalue weighted by molar-refractivity contribution is 0.0930. The van der Waals surface area contributed by atoms with Gasteiger partial charge >= 0.3 is 0 Å². The van der Waals surface area contributed by atoms with E-state index in [0.717, 1.165) is 45.9 Å². The quantitative estimate of drug-likeness (QED) is 0.537. The lowest BCUT2D eigenvalue weighted by Gasteiger charge is -2.30. The van der Waals surface area contributed by atoms with Gasteiger partial charge in [0.05, 0.1) is 5.56 Å². The van der Waals surface area contributed by atoms with Crippen molar-refractivity contribution in [2.75, 3.05) is 11.9 Å². The molecule has 5 nitrogen and oxygen atoms in total.